The minimum absolute atomic E-state index is 0.653. The summed E-state index contributed by atoms with van der Waals surface area (Å²) in [5.74, 6) is 0.741. The Bertz CT molecular complexity index is 549. The van der Waals surface area contributed by atoms with Crippen LogP contribution in [0.2, 0.25) is 0 Å². The lowest BCUT2D eigenvalue weighted by Crippen LogP contribution is -2.28. The Morgan fingerprint density at radius 1 is 1.32 bits per heavy atom. The van der Waals surface area contributed by atoms with E-state index in [1.807, 2.05) is 19.1 Å². The average Bonchev–Trinajstić information content (AvgIpc) is 2.74. The maximum Gasteiger partial charge on any atom is 0.144 e. The highest BCUT2D eigenvalue weighted by Crippen LogP contribution is 2.31. The first-order chi connectivity index (χ1) is 9.13. The zero-order valence-electron chi connectivity index (χ0n) is 11.8. The molecule has 0 saturated carbocycles. The number of anilines is 1. The fourth-order valence-electron chi connectivity index (χ4n) is 2.04. The van der Waals surface area contributed by atoms with E-state index in [1.54, 1.807) is 11.3 Å². The van der Waals surface area contributed by atoms with Crippen molar-refractivity contribution in [3.05, 3.63) is 17.1 Å². The minimum Gasteiger partial charge on any atom is -0.490 e. The zero-order chi connectivity index (χ0) is 13.8. The van der Waals surface area contributed by atoms with Gasteiger partial charge in [0.25, 0.3) is 0 Å². The summed E-state index contributed by atoms with van der Waals surface area (Å²) in [5.41, 5.74) is 7.68. The third kappa shape index (κ3) is 3.36. The van der Waals surface area contributed by atoms with Crippen molar-refractivity contribution in [3.8, 4) is 5.75 Å². The SMILES string of the molecule is CCN(CC)CCOc1cc2nc(C)sc2cc1N. The van der Waals surface area contributed by atoms with E-state index >= 15 is 0 Å². The van der Waals surface area contributed by atoms with Crippen LogP contribution in [0.1, 0.15) is 18.9 Å². The number of nitrogens with zero attached hydrogens (tertiary/aromatic N) is 2. The summed E-state index contributed by atoms with van der Waals surface area (Å²) in [6, 6.07) is 3.89. The lowest BCUT2D eigenvalue weighted by Gasteiger charge is -2.18. The summed E-state index contributed by atoms with van der Waals surface area (Å²) in [4.78, 5) is 6.78. The van der Waals surface area contributed by atoms with Gasteiger partial charge >= 0.3 is 0 Å². The molecule has 2 rings (SSSR count). The van der Waals surface area contributed by atoms with Crippen molar-refractivity contribution in [3.63, 3.8) is 0 Å². The van der Waals surface area contributed by atoms with E-state index in [-0.39, 0.29) is 0 Å². The molecule has 0 fully saturated rings. The Morgan fingerprint density at radius 2 is 2.05 bits per heavy atom. The number of nitrogen functional groups attached to an aromatic ring is 1. The van der Waals surface area contributed by atoms with E-state index in [0.29, 0.717) is 12.3 Å². The molecule has 0 atom stereocenters. The fourth-order valence-corrected chi connectivity index (χ4v) is 2.89. The number of likely N-dealkylation sites (N-methyl/N-ethyl adjacent to an activating group) is 1. The maximum atomic E-state index is 6.02. The Morgan fingerprint density at radius 3 is 2.74 bits per heavy atom. The molecule has 104 valence electrons. The molecule has 0 saturated heterocycles. The molecule has 0 amide bonds. The van der Waals surface area contributed by atoms with Crippen LogP contribution < -0.4 is 10.5 Å². The summed E-state index contributed by atoms with van der Waals surface area (Å²) >= 11 is 1.66. The van der Waals surface area contributed by atoms with Crippen molar-refractivity contribution in [2.75, 3.05) is 32.0 Å². The van der Waals surface area contributed by atoms with Crippen LogP contribution in [0.5, 0.6) is 5.75 Å². The second-order valence-corrected chi connectivity index (χ2v) is 5.70. The normalized spacial score (nSPS) is 11.4. The Kier molecular flexibility index (Phi) is 4.61. The number of ether oxygens (including phenoxy) is 1. The number of rotatable bonds is 6. The van der Waals surface area contributed by atoms with E-state index in [1.165, 1.54) is 0 Å². The molecule has 2 N–H and O–H groups in total. The van der Waals surface area contributed by atoms with Crippen LogP contribution in [-0.4, -0.2) is 36.1 Å². The quantitative estimate of drug-likeness (QED) is 0.826. The predicted molar refractivity (Wildman–Crippen MR) is 82.1 cm³/mol. The van der Waals surface area contributed by atoms with Crippen molar-refractivity contribution in [2.45, 2.75) is 20.8 Å². The monoisotopic (exact) mass is 279 g/mol. The van der Waals surface area contributed by atoms with Gasteiger partial charge in [0.1, 0.15) is 12.4 Å². The molecule has 4 nitrogen and oxygen atoms in total. The number of fused-ring (bicyclic) bond motifs is 1. The molecule has 0 unspecified atom stereocenters. The van der Waals surface area contributed by atoms with Gasteiger partial charge in [0.15, 0.2) is 0 Å². The number of nitrogens with two attached hydrogens (primary N) is 1. The van der Waals surface area contributed by atoms with Gasteiger partial charge in [-0.25, -0.2) is 4.98 Å². The molecular weight excluding hydrogens is 258 g/mol. The number of aromatic nitrogens is 1. The lowest BCUT2D eigenvalue weighted by molar-refractivity contribution is 0.223. The fraction of sp³-hybridized carbons (Fsp3) is 0.500. The zero-order valence-corrected chi connectivity index (χ0v) is 12.6. The maximum absolute atomic E-state index is 6.02. The van der Waals surface area contributed by atoms with Gasteiger partial charge in [0.05, 0.1) is 20.9 Å². The first-order valence-corrected chi connectivity index (χ1v) is 7.47. The molecule has 1 heterocycles. The second-order valence-electron chi connectivity index (χ2n) is 4.47. The molecule has 0 bridgehead atoms. The van der Waals surface area contributed by atoms with Crippen molar-refractivity contribution < 1.29 is 4.74 Å². The van der Waals surface area contributed by atoms with Crippen molar-refractivity contribution in [1.29, 1.82) is 0 Å². The van der Waals surface area contributed by atoms with E-state index in [9.17, 15) is 0 Å². The van der Waals surface area contributed by atoms with Gasteiger partial charge in [-0.1, -0.05) is 13.8 Å². The number of thiazole rings is 1. The first-order valence-electron chi connectivity index (χ1n) is 6.65. The van der Waals surface area contributed by atoms with Crippen molar-refractivity contribution in [1.82, 2.24) is 9.88 Å². The molecule has 5 heteroatoms. The topological polar surface area (TPSA) is 51.4 Å². The highest BCUT2D eigenvalue weighted by Gasteiger charge is 2.08. The van der Waals surface area contributed by atoms with Gasteiger partial charge in [-0.3, -0.25) is 0 Å². The number of benzene rings is 1. The highest BCUT2D eigenvalue weighted by molar-refractivity contribution is 7.18. The molecule has 0 aliphatic carbocycles. The number of hydrogen-bond donors (Lipinski definition) is 1. The molecule has 1 aromatic heterocycles. The minimum atomic E-state index is 0.653. The lowest BCUT2D eigenvalue weighted by atomic mass is 10.3. The molecule has 0 radical (unpaired) electrons. The van der Waals surface area contributed by atoms with Crippen molar-refractivity contribution >= 4 is 27.2 Å². The van der Waals surface area contributed by atoms with Crippen LogP contribution in [0.15, 0.2) is 12.1 Å². The van der Waals surface area contributed by atoms with Gasteiger partial charge in [0.2, 0.25) is 0 Å². The van der Waals surface area contributed by atoms with E-state index in [2.05, 4.69) is 23.7 Å². The van der Waals surface area contributed by atoms with Gasteiger partial charge in [0, 0.05) is 12.6 Å². The third-order valence-corrected chi connectivity index (χ3v) is 4.12. The van der Waals surface area contributed by atoms with Crippen LogP contribution in [0, 0.1) is 6.92 Å². The predicted octanol–water partition coefficient (Wildman–Crippen LogP) is 2.91. The third-order valence-electron chi connectivity index (χ3n) is 3.19. The highest BCUT2D eigenvalue weighted by atomic mass is 32.1. The van der Waals surface area contributed by atoms with Gasteiger partial charge in [-0.2, -0.15) is 0 Å². The van der Waals surface area contributed by atoms with Crippen LogP contribution in [0.4, 0.5) is 5.69 Å². The van der Waals surface area contributed by atoms with Crippen LogP contribution in [0.3, 0.4) is 0 Å². The van der Waals surface area contributed by atoms with E-state index < -0.39 is 0 Å². The summed E-state index contributed by atoms with van der Waals surface area (Å²) in [6.45, 7) is 9.96. The number of hydrogen-bond acceptors (Lipinski definition) is 5. The molecule has 19 heavy (non-hydrogen) atoms. The Labute approximate surface area is 118 Å². The number of aryl methyl sites for hydroxylation is 1. The molecule has 0 spiro atoms. The molecule has 1 aromatic carbocycles. The average molecular weight is 279 g/mol. The van der Waals surface area contributed by atoms with E-state index in [4.69, 9.17) is 10.5 Å². The molecule has 0 aliphatic rings. The summed E-state index contributed by atoms with van der Waals surface area (Å²) in [7, 11) is 0. The first kappa shape index (κ1) is 14.1. The molecule has 2 aromatic rings. The van der Waals surface area contributed by atoms with Crippen LogP contribution in [0.25, 0.3) is 10.2 Å². The van der Waals surface area contributed by atoms with Gasteiger partial charge < -0.3 is 15.4 Å². The standard InChI is InChI=1S/C14H21N3OS/c1-4-17(5-2)6-7-18-13-9-12-14(8-11(13)15)19-10(3)16-12/h8-9H,4-7,15H2,1-3H3. The van der Waals surface area contributed by atoms with Crippen molar-refractivity contribution in [2.24, 2.45) is 0 Å². The second kappa shape index (κ2) is 6.21. The Hall–Kier alpha value is -1.33. The summed E-state index contributed by atoms with van der Waals surface area (Å²) < 4.78 is 6.90. The largest absolute Gasteiger partial charge is 0.490 e. The smallest absolute Gasteiger partial charge is 0.144 e. The summed E-state index contributed by atoms with van der Waals surface area (Å²) in [5, 5.41) is 1.05. The Balaban J connectivity index is 2.05. The van der Waals surface area contributed by atoms with Crippen LogP contribution in [-0.2, 0) is 0 Å². The van der Waals surface area contributed by atoms with Gasteiger partial charge in [-0.05, 0) is 26.1 Å². The molecule has 0 aliphatic heterocycles. The van der Waals surface area contributed by atoms with Gasteiger partial charge in [-0.15, -0.1) is 11.3 Å². The summed E-state index contributed by atoms with van der Waals surface area (Å²) in [6.07, 6.45) is 0. The van der Waals surface area contributed by atoms with E-state index in [0.717, 1.165) is 40.6 Å². The molecular formula is C14H21N3OS. The van der Waals surface area contributed by atoms with Crippen LogP contribution >= 0.6 is 11.3 Å².